The standard InChI is InChI=1S/C48H54O19/c1-58-32-15-24(7-11-30(32)51)9-13-38(53)64-23-37-45(66-39(54)14-10-25-8-12-31(52)33(16-25)59-2)43(56)44(57)48(65-37)67-46-36(62-5)20-26-17-28(21-49)29(22-50)40(41(26)47(46)63-6)27-18-34(60-3)42(55)35(19-27)61-4/h7-16,18-20,28-29,37,40,43-45,48-52,55-57H,17,21-23H2,1-6H3. The summed E-state index contributed by atoms with van der Waals surface area (Å²) in [5.41, 5.74) is 2.55. The summed E-state index contributed by atoms with van der Waals surface area (Å²) in [7, 11) is 8.18. The van der Waals surface area contributed by atoms with E-state index in [0.29, 0.717) is 27.8 Å². The molecule has 1 aliphatic heterocycles. The van der Waals surface area contributed by atoms with E-state index in [4.69, 9.17) is 47.4 Å². The van der Waals surface area contributed by atoms with Gasteiger partial charge in [-0.05, 0) is 95.1 Å². The molecule has 4 aromatic rings. The summed E-state index contributed by atoms with van der Waals surface area (Å²) in [5, 5.41) is 75.4. The first-order valence-electron chi connectivity index (χ1n) is 20.8. The van der Waals surface area contributed by atoms with E-state index in [1.807, 2.05) is 0 Å². The number of aliphatic hydroxyl groups excluding tert-OH is 4. The number of aliphatic hydroxyl groups is 4. The zero-order chi connectivity index (χ0) is 48.5. The molecule has 0 amide bonds. The molecule has 0 spiro atoms. The molecule has 19 heteroatoms. The van der Waals surface area contributed by atoms with Crippen molar-refractivity contribution in [3.63, 3.8) is 0 Å². The van der Waals surface area contributed by atoms with Gasteiger partial charge in [0.05, 0.1) is 42.7 Å². The fourth-order valence-corrected chi connectivity index (χ4v) is 8.25. The second-order valence-electron chi connectivity index (χ2n) is 15.5. The lowest BCUT2D eigenvalue weighted by atomic mass is 9.66. The zero-order valence-corrected chi connectivity index (χ0v) is 37.5. The SMILES string of the molecule is COc1cc(C=CC(=O)OCC2OC(Oc3c(OC)cc4c(c3OC)C(c3cc(OC)c(O)c(OC)c3)C(CO)C(CO)C4)C(O)C(O)C2OC(=O)C=Cc2ccc(O)c(OC)c2)ccc1O. The Labute approximate surface area is 385 Å². The molecule has 0 bridgehead atoms. The quantitative estimate of drug-likeness (QED) is 0.0556. The van der Waals surface area contributed by atoms with E-state index in [0.717, 1.165) is 12.2 Å². The van der Waals surface area contributed by atoms with Crippen LogP contribution in [-0.4, -0.2) is 141 Å². The van der Waals surface area contributed by atoms with E-state index in [2.05, 4.69) is 0 Å². The Kier molecular flexibility index (Phi) is 16.3. The van der Waals surface area contributed by atoms with Crippen molar-refractivity contribution in [3.8, 4) is 57.5 Å². The Hall–Kier alpha value is -6.90. The molecule has 360 valence electrons. The van der Waals surface area contributed by atoms with E-state index >= 15 is 0 Å². The average Bonchev–Trinajstić information content (AvgIpc) is 3.34. The number of phenols is 3. The Morgan fingerprint density at radius 2 is 1.24 bits per heavy atom. The minimum Gasteiger partial charge on any atom is -0.504 e. The van der Waals surface area contributed by atoms with Gasteiger partial charge >= 0.3 is 11.9 Å². The number of hydrogen-bond donors (Lipinski definition) is 7. The average molecular weight is 935 g/mol. The van der Waals surface area contributed by atoms with Crippen molar-refractivity contribution in [2.75, 3.05) is 62.5 Å². The molecule has 0 aromatic heterocycles. The molecule has 6 rings (SSSR count). The predicted molar refractivity (Wildman–Crippen MR) is 237 cm³/mol. The highest BCUT2D eigenvalue weighted by Crippen LogP contribution is 2.55. The maximum Gasteiger partial charge on any atom is 0.331 e. The lowest BCUT2D eigenvalue weighted by molar-refractivity contribution is -0.281. The predicted octanol–water partition coefficient (Wildman–Crippen LogP) is 3.47. The smallest absolute Gasteiger partial charge is 0.331 e. The summed E-state index contributed by atoms with van der Waals surface area (Å²) < 4.78 is 56.7. The number of methoxy groups -OCH3 is 6. The van der Waals surface area contributed by atoms with Crippen molar-refractivity contribution in [2.24, 2.45) is 11.8 Å². The van der Waals surface area contributed by atoms with Crippen LogP contribution in [0.2, 0.25) is 0 Å². The molecule has 1 heterocycles. The lowest BCUT2D eigenvalue weighted by Gasteiger charge is -2.42. The monoisotopic (exact) mass is 934 g/mol. The van der Waals surface area contributed by atoms with Crippen LogP contribution in [0.5, 0.6) is 57.5 Å². The summed E-state index contributed by atoms with van der Waals surface area (Å²) in [6, 6.07) is 13.5. The van der Waals surface area contributed by atoms with Gasteiger partial charge in [0.15, 0.2) is 52.1 Å². The minimum absolute atomic E-state index is 0.0639. The first kappa shape index (κ1) is 49.5. The highest BCUT2D eigenvalue weighted by atomic mass is 16.7. The van der Waals surface area contributed by atoms with Crippen LogP contribution >= 0.6 is 0 Å². The summed E-state index contributed by atoms with van der Waals surface area (Å²) >= 11 is 0. The van der Waals surface area contributed by atoms with Crippen molar-refractivity contribution < 1.29 is 92.7 Å². The van der Waals surface area contributed by atoms with Gasteiger partial charge in [0.1, 0.15) is 24.9 Å². The van der Waals surface area contributed by atoms with Crippen LogP contribution in [0.4, 0.5) is 0 Å². The maximum atomic E-state index is 13.3. The Bertz CT molecular complexity index is 2420. The molecule has 8 atom stereocenters. The molecule has 2 aliphatic rings. The fraction of sp³-hybridized carbons (Fsp3) is 0.375. The van der Waals surface area contributed by atoms with Crippen molar-refractivity contribution >= 4 is 24.1 Å². The largest absolute Gasteiger partial charge is 0.504 e. The third kappa shape index (κ3) is 10.7. The maximum absolute atomic E-state index is 13.3. The number of aromatic hydroxyl groups is 3. The number of fused-ring (bicyclic) bond motifs is 1. The van der Waals surface area contributed by atoms with Crippen molar-refractivity contribution in [2.45, 2.75) is 43.0 Å². The van der Waals surface area contributed by atoms with E-state index in [1.165, 1.54) is 91.2 Å². The molecule has 4 aromatic carbocycles. The van der Waals surface area contributed by atoms with Gasteiger partial charge in [-0.1, -0.05) is 12.1 Å². The number of benzene rings is 4. The molecule has 67 heavy (non-hydrogen) atoms. The van der Waals surface area contributed by atoms with Crippen LogP contribution in [0, 0.1) is 11.8 Å². The second kappa shape index (κ2) is 22.1. The van der Waals surface area contributed by atoms with Gasteiger partial charge < -0.3 is 83.1 Å². The Morgan fingerprint density at radius 1 is 0.672 bits per heavy atom. The summed E-state index contributed by atoms with van der Waals surface area (Å²) in [5.74, 6) is -3.73. The van der Waals surface area contributed by atoms with Gasteiger partial charge in [-0.25, -0.2) is 9.59 Å². The third-order valence-electron chi connectivity index (χ3n) is 11.6. The number of phenolic OH excluding ortho intramolecular Hbond substituents is 3. The molecule has 7 N–H and O–H groups in total. The minimum atomic E-state index is -1.93. The van der Waals surface area contributed by atoms with Crippen LogP contribution in [-0.2, 0) is 30.2 Å². The van der Waals surface area contributed by atoms with Crippen LogP contribution in [0.1, 0.15) is 33.7 Å². The van der Waals surface area contributed by atoms with Gasteiger partial charge in [-0.2, -0.15) is 0 Å². The summed E-state index contributed by atoms with van der Waals surface area (Å²) in [6.45, 7) is -1.33. The number of rotatable bonds is 18. The van der Waals surface area contributed by atoms with Gasteiger partial charge in [0, 0.05) is 36.8 Å². The molecular weight excluding hydrogens is 881 g/mol. The normalized spacial score (nSPS) is 22.4. The number of carbonyl (C=O) groups is 2. The lowest BCUT2D eigenvalue weighted by Crippen LogP contribution is -2.61. The van der Waals surface area contributed by atoms with E-state index < -0.39 is 67.0 Å². The first-order valence-corrected chi connectivity index (χ1v) is 20.8. The molecule has 0 saturated carbocycles. The van der Waals surface area contributed by atoms with E-state index in [9.17, 15) is 45.3 Å². The number of hydrogen-bond acceptors (Lipinski definition) is 19. The van der Waals surface area contributed by atoms with Crippen molar-refractivity contribution in [1.82, 2.24) is 0 Å². The van der Waals surface area contributed by atoms with Gasteiger partial charge in [0.25, 0.3) is 0 Å². The first-order chi connectivity index (χ1) is 32.2. The molecule has 1 fully saturated rings. The number of esters is 2. The summed E-state index contributed by atoms with van der Waals surface area (Å²) in [4.78, 5) is 26.4. The van der Waals surface area contributed by atoms with Gasteiger partial charge in [0.2, 0.25) is 17.8 Å². The summed E-state index contributed by atoms with van der Waals surface area (Å²) in [6.07, 6.45) is -3.63. The number of ether oxygens (including phenoxy) is 10. The molecule has 1 saturated heterocycles. The van der Waals surface area contributed by atoms with Crippen molar-refractivity contribution in [1.29, 1.82) is 0 Å². The van der Waals surface area contributed by atoms with E-state index in [-0.39, 0.29) is 77.1 Å². The second-order valence-corrected chi connectivity index (χ2v) is 15.5. The van der Waals surface area contributed by atoms with E-state index in [1.54, 1.807) is 18.2 Å². The Balaban J connectivity index is 1.36. The van der Waals surface area contributed by atoms with Gasteiger partial charge in [-0.15, -0.1) is 0 Å². The van der Waals surface area contributed by atoms with Crippen LogP contribution in [0.25, 0.3) is 12.2 Å². The van der Waals surface area contributed by atoms with Gasteiger partial charge in [-0.3, -0.25) is 0 Å². The van der Waals surface area contributed by atoms with Crippen LogP contribution < -0.4 is 33.2 Å². The van der Waals surface area contributed by atoms with Crippen LogP contribution in [0.15, 0.2) is 66.7 Å². The molecule has 0 radical (unpaired) electrons. The molecule has 19 nitrogen and oxygen atoms in total. The molecule has 8 unspecified atom stereocenters. The van der Waals surface area contributed by atoms with Crippen molar-refractivity contribution in [3.05, 3.63) is 94.6 Å². The highest BCUT2D eigenvalue weighted by Gasteiger charge is 2.49. The van der Waals surface area contributed by atoms with Crippen LogP contribution in [0.3, 0.4) is 0 Å². The topological polar surface area (TPSA) is 268 Å². The zero-order valence-electron chi connectivity index (χ0n) is 37.5. The fourth-order valence-electron chi connectivity index (χ4n) is 8.25. The Morgan fingerprint density at radius 3 is 1.76 bits per heavy atom. The molecular formula is C48H54O19. The highest BCUT2D eigenvalue weighted by molar-refractivity contribution is 5.88. The molecule has 1 aliphatic carbocycles. The third-order valence-corrected chi connectivity index (χ3v) is 11.6. The number of carbonyl (C=O) groups excluding carboxylic acids is 2.